The van der Waals surface area contributed by atoms with Crippen molar-refractivity contribution in [2.75, 3.05) is 32.9 Å². The molecule has 1 fully saturated rings. The summed E-state index contributed by atoms with van der Waals surface area (Å²) in [6.07, 6.45) is 0. The monoisotopic (exact) mass is 498 g/mol. The number of nitrogens with zero attached hydrogens (tertiary/aromatic N) is 1. The summed E-state index contributed by atoms with van der Waals surface area (Å²) in [4.78, 5) is 53.6. The quantitative estimate of drug-likeness (QED) is 0.391. The summed E-state index contributed by atoms with van der Waals surface area (Å²) in [5.41, 5.74) is 2.77. The number of hydrogen-bond acceptors (Lipinski definition) is 7. The Morgan fingerprint density at radius 2 is 1.46 bits per heavy atom. The number of morpholine rings is 1. The van der Waals surface area contributed by atoms with E-state index in [4.69, 9.17) is 9.47 Å². The molecule has 0 saturated carbocycles. The van der Waals surface area contributed by atoms with Crippen molar-refractivity contribution in [3.05, 3.63) is 106 Å². The second-order valence-electron chi connectivity index (χ2n) is 8.94. The minimum absolute atomic E-state index is 0.00801. The molecule has 0 atom stereocenters. The van der Waals surface area contributed by atoms with Crippen molar-refractivity contribution >= 4 is 23.4 Å². The number of amides is 1. The molecule has 8 heteroatoms. The zero-order valence-electron chi connectivity index (χ0n) is 20.2. The predicted molar refractivity (Wildman–Crippen MR) is 134 cm³/mol. The minimum atomic E-state index is -0.833. The molecule has 0 unspecified atom stereocenters. The normalized spacial score (nSPS) is 15.0. The highest BCUT2D eigenvalue weighted by Gasteiger charge is 2.33. The van der Waals surface area contributed by atoms with Gasteiger partial charge in [-0.05, 0) is 17.2 Å². The number of esters is 1. The van der Waals surface area contributed by atoms with E-state index in [0.717, 1.165) is 30.8 Å². The average molecular weight is 499 g/mol. The number of fused-ring (bicyclic) bond motifs is 2. The SMILES string of the molecule is O=C(COC(=O)c1cccc2c1C(=O)c1ccccc1C2=O)NCc1ccccc1CN1CCOCC1. The third kappa shape index (κ3) is 5.21. The maximum Gasteiger partial charge on any atom is 0.339 e. The second kappa shape index (κ2) is 10.9. The lowest BCUT2D eigenvalue weighted by Crippen LogP contribution is -2.36. The lowest BCUT2D eigenvalue weighted by molar-refractivity contribution is -0.124. The van der Waals surface area contributed by atoms with Crippen LogP contribution in [-0.4, -0.2) is 61.3 Å². The molecule has 188 valence electrons. The summed E-state index contributed by atoms with van der Waals surface area (Å²) < 4.78 is 10.6. The molecule has 2 aliphatic rings. The van der Waals surface area contributed by atoms with Crippen LogP contribution in [0.1, 0.15) is 53.3 Å². The van der Waals surface area contributed by atoms with Crippen LogP contribution in [0.2, 0.25) is 0 Å². The number of ketones is 2. The van der Waals surface area contributed by atoms with Gasteiger partial charge in [-0.1, -0.05) is 60.7 Å². The average Bonchev–Trinajstić information content (AvgIpc) is 2.94. The third-order valence-electron chi connectivity index (χ3n) is 6.60. The topological polar surface area (TPSA) is 102 Å². The highest BCUT2D eigenvalue weighted by Crippen LogP contribution is 2.29. The Morgan fingerprint density at radius 3 is 2.22 bits per heavy atom. The van der Waals surface area contributed by atoms with Gasteiger partial charge in [-0.2, -0.15) is 0 Å². The van der Waals surface area contributed by atoms with Crippen LogP contribution in [0.4, 0.5) is 0 Å². The lowest BCUT2D eigenvalue weighted by Gasteiger charge is -2.27. The first-order chi connectivity index (χ1) is 18.0. The summed E-state index contributed by atoms with van der Waals surface area (Å²) in [5, 5.41) is 2.79. The number of nitrogens with one attached hydrogen (secondary N) is 1. The van der Waals surface area contributed by atoms with Gasteiger partial charge in [-0.15, -0.1) is 0 Å². The number of ether oxygens (including phenoxy) is 2. The van der Waals surface area contributed by atoms with E-state index in [1.165, 1.54) is 18.2 Å². The van der Waals surface area contributed by atoms with Gasteiger partial charge in [0.2, 0.25) is 0 Å². The van der Waals surface area contributed by atoms with E-state index >= 15 is 0 Å². The van der Waals surface area contributed by atoms with Gasteiger partial charge in [0.1, 0.15) is 0 Å². The molecule has 1 amide bonds. The van der Waals surface area contributed by atoms with Crippen LogP contribution in [0.25, 0.3) is 0 Å². The van der Waals surface area contributed by atoms with Gasteiger partial charge in [0.15, 0.2) is 18.2 Å². The van der Waals surface area contributed by atoms with Gasteiger partial charge in [0.05, 0.1) is 18.8 Å². The molecule has 37 heavy (non-hydrogen) atoms. The van der Waals surface area contributed by atoms with Crippen molar-refractivity contribution in [2.24, 2.45) is 0 Å². The Balaban J connectivity index is 1.22. The standard InChI is InChI=1S/C29H26N2O6/c32-25(30-16-19-6-1-2-7-20(19)17-31-12-14-36-15-13-31)18-37-29(35)24-11-5-10-23-26(24)28(34)22-9-4-3-8-21(22)27(23)33/h1-11H,12-18H2,(H,30,32). The summed E-state index contributed by atoms with van der Waals surface area (Å²) in [6, 6.07) is 18.9. The van der Waals surface area contributed by atoms with Crippen molar-refractivity contribution in [1.82, 2.24) is 10.2 Å². The molecule has 1 aliphatic carbocycles. The van der Waals surface area contributed by atoms with Crippen molar-refractivity contribution < 1.29 is 28.7 Å². The van der Waals surface area contributed by atoms with E-state index < -0.39 is 24.3 Å². The van der Waals surface area contributed by atoms with E-state index in [9.17, 15) is 19.2 Å². The Hall–Kier alpha value is -4.14. The Morgan fingerprint density at radius 1 is 0.811 bits per heavy atom. The van der Waals surface area contributed by atoms with Crippen molar-refractivity contribution in [3.8, 4) is 0 Å². The number of hydrogen-bond donors (Lipinski definition) is 1. The number of carbonyl (C=O) groups excluding carboxylic acids is 4. The third-order valence-corrected chi connectivity index (χ3v) is 6.60. The fraction of sp³-hybridized carbons (Fsp3) is 0.241. The first-order valence-corrected chi connectivity index (χ1v) is 12.1. The molecule has 1 heterocycles. The largest absolute Gasteiger partial charge is 0.452 e. The predicted octanol–water partition coefficient (Wildman–Crippen LogP) is 2.77. The maximum absolute atomic E-state index is 13.1. The highest BCUT2D eigenvalue weighted by molar-refractivity contribution is 6.30. The lowest BCUT2D eigenvalue weighted by atomic mass is 9.82. The van der Waals surface area contributed by atoms with E-state index in [2.05, 4.69) is 10.2 Å². The molecule has 8 nitrogen and oxygen atoms in total. The van der Waals surface area contributed by atoms with E-state index in [1.54, 1.807) is 24.3 Å². The van der Waals surface area contributed by atoms with Gasteiger partial charge in [-0.25, -0.2) is 4.79 Å². The molecule has 3 aromatic rings. The van der Waals surface area contributed by atoms with Crippen molar-refractivity contribution in [2.45, 2.75) is 13.1 Å². The smallest absolute Gasteiger partial charge is 0.339 e. The molecule has 0 aromatic heterocycles. The van der Waals surface area contributed by atoms with Crippen LogP contribution in [0.15, 0.2) is 66.7 Å². The summed E-state index contributed by atoms with van der Waals surface area (Å²) in [7, 11) is 0. The summed E-state index contributed by atoms with van der Waals surface area (Å²) in [6.45, 7) is 3.69. The molecule has 5 rings (SSSR count). The van der Waals surface area contributed by atoms with Gasteiger partial charge in [0, 0.05) is 48.4 Å². The van der Waals surface area contributed by atoms with E-state index in [-0.39, 0.29) is 28.0 Å². The minimum Gasteiger partial charge on any atom is -0.452 e. The molecule has 1 saturated heterocycles. The van der Waals surface area contributed by atoms with E-state index in [1.807, 2.05) is 24.3 Å². The van der Waals surface area contributed by atoms with Gasteiger partial charge in [0.25, 0.3) is 5.91 Å². The molecule has 3 aromatic carbocycles. The summed E-state index contributed by atoms with van der Waals surface area (Å²) in [5.74, 6) is -2.04. The Bertz CT molecular complexity index is 1380. The van der Waals surface area contributed by atoms with Crippen LogP contribution in [0.3, 0.4) is 0 Å². The zero-order valence-corrected chi connectivity index (χ0v) is 20.2. The fourth-order valence-electron chi connectivity index (χ4n) is 4.65. The summed E-state index contributed by atoms with van der Waals surface area (Å²) >= 11 is 0. The van der Waals surface area contributed by atoms with Crippen molar-refractivity contribution in [1.29, 1.82) is 0 Å². The van der Waals surface area contributed by atoms with Crippen LogP contribution >= 0.6 is 0 Å². The van der Waals surface area contributed by atoms with Gasteiger partial charge >= 0.3 is 5.97 Å². The maximum atomic E-state index is 13.1. The highest BCUT2D eigenvalue weighted by atomic mass is 16.5. The molecular weight excluding hydrogens is 472 g/mol. The van der Waals surface area contributed by atoms with Crippen molar-refractivity contribution in [3.63, 3.8) is 0 Å². The van der Waals surface area contributed by atoms with Crippen LogP contribution < -0.4 is 5.32 Å². The molecule has 1 N–H and O–H groups in total. The molecule has 0 bridgehead atoms. The first-order valence-electron chi connectivity index (χ1n) is 12.1. The number of carbonyl (C=O) groups is 4. The molecule has 0 spiro atoms. The fourth-order valence-corrected chi connectivity index (χ4v) is 4.65. The van der Waals surface area contributed by atoms with Crippen LogP contribution in [0.5, 0.6) is 0 Å². The number of benzene rings is 3. The molecular formula is C29H26N2O6. The Kier molecular flexibility index (Phi) is 7.20. The van der Waals surface area contributed by atoms with Crippen LogP contribution in [0, 0.1) is 0 Å². The van der Waals surface area contributed by atoms with Crippen LogP contribution in [-0.2, 0) is 27.4 Å². The Labute approximate surface area is 214 Å². The van der Waals surface area contributed by atoms with Gasteiger partial charge < -0.3 is 14.8 Å². The molecule has 1 aliphatic heterocycles. The van der Waals surface area contributed by atoms with Gasteiger partial charge in [-0.3, -0.25) is 19.3 Å². The second-order valence-corrected chi connectivity index (χ2v) is 8.94. The number of rotatable bonds is 7. The molecule has 0 radical (unpaired) electrons. The first kappa shape index (κ1) is 24.5. The van der Waals surface area contributed by atoms with E-state index in [0.29, 0.717) is 25.3 Å². The zero-order chi connectivity index (χ0) is 25.8.